The van der Waals surface area contributed by atoms with Crippen molar-refractivity contribution >= 4 is 17.8 Å². The third-order valence-corrected chi connectivity index (χ3v) is 6.00. The Labute approximate surface area is 182 Å². The first kappa shape index (κ1) is 21.1. The highest BCUT2D eigenvalue weighted by Gasteiger charge is 2.52. The molecule has 2 fully saturated rings. The molecule has 162 valence electrons. The van der Waals surface area contributed by atoms with Crippen LogP contribution in [-0.4, -0.2) is 40.3 Å². The third kappa shape index (κ3) is 4.32. The van der Waals surface area contributed by atoms with Crippen LogP contribution >= 0.6 is 0 Å². The Kier molecular flexibility index (Phi) is 5.78. The highest BCUT2D eigenvalue weighted by molar-refractivity contribution is 6.08. The summed E-state index contributed by atoms with van der Waals surface area (Å²) in [6.45, 7) is 4.66. The van der Waals surface area contributed by atoms with Gasteiger partial charge in [-0.15, -0.1) is 0 Å². The maximum Gasteiger partial charge on any atom is 0.344 e. The summed E-state index contributed by atoms with van der Waals surface area (Å²) in [5.74, 6) is -0.834. The molecule has 7 heteroatoms. The molecular formula is C24H28N4O3. The molecule has 1 unspecified atom stereocenters. The quantitative estimate of drug-likeness (QED) is 0.644. The summed E-state index contributed by atoms with van der Waals surface area (Å²) < 4.78 is 0. The molecule has 1 atom stereocenters. The fraction of sp³-hybridized carbons (Fsp3) is 0.375. The van der Waals surface area contributed by atoms with Gasteiger partial charge in [0.05, 0.1) is 6.54 Å². The van der Waals surface area contributed by atoms with Crippen molar-refractivity contribution in [3.8, 4) is 0 Å². The molecule has 0 radical (unpaired) electrons. The topological polar surface area (TPSA) is 81.8 Å². The maximum atomic E-state index is 13.2. The number of benzene rings is 2. The van der Waals surface area contributed by atoms with Crippen LogP contribution in [0, 0.1) is 6.92 Å². The molecule has 2 aliphatic rings. The van der Waals surface area contributed by atoms with Gasteiger partial charge in [-0.25, -0.2) is 4.79 Å². The highest BCUT2D eigenvalue weighted by atomic mass is 16.2. The molecule has 0 bridgehead atoms. The molecule has 1 heterocycles. The highest BCUT2D eigenvalue weighted by Crippen LogP contribution is 2.32. The first-order valence-electron chi connectivity index (χ1n) is 10.7. The zero-order valence-electron chi connectivity index (χ0n) is 17.9. The average molecular weight is 421 g/mol. The molecule has 4 amide bonds. The predicted molar refractivity (Wildman–Crippen MR) is 117 cm³/mol. The molecule has 1 aliphatic carbocycles. The Morgan fingerprint density at radius 2 is 1.90 bits per heavy atom. The molecule has 0 spiro atoms. The molecule has 31 heavy (non-hydrogen) atoms. The van der Waals surface area contributed by atoms with Crippen LogP contribution in [0.2, 0.25) is 0 Å². The van der Waals surface area contributed by atoms with Crippen LogP contribution in [0.4, 0.5) is 4.79 Å². The summed E-state index contributed by atoms with van der Waals surface area (Å²) in [5, 5.41) is 3.61. The normalized spacial score (nSPS) is 20.8. The van der Waals surface area contributed by atoms with E-state index in [-0.39, 0.29) is 12.5 Å². The molecule has 4 rings (SSSR count). The van der Waals surface area contributed by atoms with Gasteiger partial charge in [0.1, 0.15) is 5.54 Å². The van der Waals surface area contributed by atoms with Gasteiger partial charge in [0.15, 0.2) is 0 Å². The van der Waals surface area contributed by atoms with Crippen LogP contribution in [0.5, 0.6) is 0 Å². The van der Waals surface area contributed by atoms with Crippen LogP contribution < -0.4 is 10.7 Å². The molecular weight excluding hydrogens is 392 g/mol. The van der Waals surface area contributed by atoms with E-state index in [0.29, 0.717) is 24.6 Å². The van der Waals surface area contributed by atoms with Gasteiger partial charge < -0.3 is 5.32 Å². The van der Waals surface area contributed by atoms with E-state index in [1.165, 1.54) is 5.56 Å². The number of amides is 4. The summed E-state index contributed by atoms with van der Waals surface area (Å²) >= 11 is 0. The number of hydrogen-bond donors (Lipinski definition) is 2. The van der Waals surface area contributed by atoms with E-state index in [1.54, 1.807) is 0 Å². The Morgan fingerprint density at radius 3 is 2.55 bits per heavy atom. The maximum absolute atomic E-state index is 13.2. The molecule has 7 nitrogen and oxygen atoms in total. The lowest BCUT2D eigenvalue weighted by molar-refractivity contribution is -0.140. The fourth-order valence-electron chi connectivity index (χ4n) is 4.18. The lowest BCUT2D eigenvalue weighted by Gasteiger charge is -2.26. The SMILES string of the molecule is CCC1(c2ccccc2)NC(=O)N(NC(=O)CN(Cc2cccc(C)c2)C2CC2)C1=O. The van der Waals surface area contributed by atoms with Crippen LogP contribution in [0.25, 0.3) is 0 Å². The first-order chi connectivity index (χ1) is 14.9. The Hall–Kier alpha value is -3.19. The zero-order chi connectivity index (χ0) is 22.0. The van der Waals surface area contributed by atoms with Crippen LogP contribution in [0.3, 0.4) is 0 Å². The summed E-state index contributed by atoms with van der Waals surface area (Å²) in [5.41, 5.74) is 4.39. The van der Waals surface area contributed by atoms with E-state index in [4.69, 9.17) is 0 Å². The van der Waals surface area contributed by atoms with Crippen molar-refractivity contribution in [2.24, 2.45) is 0 Å². The second-order valence-corrected chi connectivity index (χ2v) is 8.36. The minimum Gasteiger partial charge on any atom is -0.318 e. The smallest absolute Gasteiger partial charge is 0.318 e. The molecule has 1 saturated heterocycles. The third-order valence-electron chi connectivity index (χ3n) is 6.00. The van der Waals surface area contributed by atoms with Gasteiger partial charge >= 0.3 is 6.03 Å². The number of nitrogens with one attached hydrogen (secondary N) is 2. The van der Waals surface area contributed by atoms with Gasteiger partial charge in [0.25, 0.3) is 11.8 Å². The molecule has 0 aromatic heterocycles. The molecule has 2 N–H and O–H groups in total. The lowest BCUT2D eigenvalue weighted by atomic mass is 9.87. The van der Waals surface area contributed by atoms with Gasteiger partial charge in [-0.05, 0) is 37.3 Å². The van der Waals surface area contributed by atoms with Crippen molar-refractivity contribution < 1.29 is 14.4 Å². The molecule has 1 aliphatic heterocycles. The standard InChI is InChI=1S/C24H28N4O3/c1-3-24(19-10-5-4-6-11-19)22(30)28(23(31)25-24)26-21(29)16-27(20-12-13-20)15-18-9-7-8-17(2)14-18/h4-11,14,20H,3,12-13,15-16H2,1-2H3,(H,25,31)(H,26,29). The van der Waals surface area contributed by atoms with E-state index in [1.807, 2.05) is 62.4 Å². The van der Waals surface area contributed by atoms with Crippen LogP contribution in [0.15, 0.2) is 54.6 Å². The number of carbonyl (C=O) groups is 3. The van der Waals surface area contributed by atoms with E-state index < -0.39 is 17.5 Å². The van der Waals surface area contributed by atoms with Crippen molar-refractivity contribution in [1.29, 1.82) is 0 Å². The Balaban J connectivity index is 1.45. The number of carbonyl (C=O) groups excluding carboxylic acids is 3. The largest absolute Gasteiger partial charge is 0.344 e. The predicted octanol–water partition coefficient (Wildman–Crippen LogP) is 2.85. The van der Waals surface area contributed by atoms with Gasteiger partial charge in [0, 0.05) is 12.6 Å². The second kappa shape index (κ2) is 8.51. The minimum absolute atomic E-state index is 0.125. The number of rotatable bonds is 8. The van der Waals surface area contributed by atoms with Gasteiger partial charge in [-0.3, -0.25) is 19.9 Å². The fourth-order valence-corrected chi connectivity index (χ4v) is 4.18. The zero-order valence-corrected chi connectivity index (χ0v) is 17.9. The summed E-state index contributed by atoms with van der Waals surface area (Å²) in [6, 6.07) is 17.1. The van der Waals surface area contributed by atoms with E-state index in [9.17, 15) is 14.4 Å². The number of urea groups is 1. The molecule has 1 saturated carbocycles. The number of nitrogens with zero attached hydrogens (tertiary/aromatic N) is 2. The van der Waals surface area contributed by atoms with Crippen molar-refractivity contribution in [2.45, 2.75) is 51.2 Å². The van der Waals surface area contributed by atoms with Gasteiger partial charge in [0.2, 0.25) is 0 Å². The van der Waals surface area contributed by atoms with Crippen LogP contribution in [-0.2, 0) is 21.7 Å². The summed E-state index contributed by atoms with van der Waals surface area (Å²) in [7, 11) is 0. The summed E-state index contributed by atoms with van der Waals surface area (Å²) in [6.07, 6.45) is 2.49. The second-order valence-electron chi connectivity index (χ2n) is 8.36. The number of hydrogen-bond acceptors (Lipinski definition) is 4. The lowest BCUT2D eigenvalue weighted by Crippen LogP contribution is -2.51. The monoisotopic (exact) mass is 420 g/mol. The van der Waals surface area contributed by atoms with E-state index in [0.717, 1.165) is 23.4 Å². The van der Waals surface area contributed by atoms with Gasteiger partial charge in [-0.2, -0.15) is 5.01 Å². The van der Waals surface area contributed by atoms with Crippen molar-refractivity contribution in [3.63, 3.8) is 0 Å². The number of hydrazine groups is 1. The first-order valence-corrected chi connectivity index (χ1v) is 10.7. The van der Waals surface area contributed by atoms with Crippen molar-refractivity contribution in [2.75, 3.05) is 6.54 Å². The van der Waals surface area contributed by atoms with Gasteiger partial charge in [-0.1, -0.05) is 67.1 Å². The molecule has 2 aromatic rings. The summed E-state index contributed by atoms with van der Waals surface area (Å²) in [4.78, 5) is 40.7. The molecule has 2 aromatic carbocycles. The number of aryl methyl sites for hydroxylation is 1. The Bertz CT molecular complexity index is 989. The average Bonchev–Trinajstić information content (AvgIpc) is 3.57. The number of imide groups is 1. The van der Waals surface area contributed by atoms with Crippen molar-refractivity contribution in [1.82, 2.24) is 20.7 Å². The van der Waals surface area contributed by atoms with E-state index >= 15 is 0 Å². The van der Waals surface area contributed by atoms with Crippen molar-refractivity contribution in [3.05, 3.63) is 71.3 Å². The van der Waals surface area contributed by atoms with E-state index in [2.05, 4.69) is 21.7 Å². The minimum atomic E-state index is -1.16. The van der Waals surface area contributed by atoms with Crippen LogP contribution in [0.1, 0.15) is 42.9 Å². The Morgan fingerprint density at radius 1 is 1.16 bits per heavy atom.